The van der Waals surface area contributed by atoms with Gasteiger partial charge in [-0.3, -0.25) is 0 Å². The quantitative estimate of drug-likeness (QED) is 0.240. The Kier molecular flexibility index (Phi) is 11.6. The number of hydrogen-bond donors (Lipinski definition) is 0. The maximum atomic E-state index is 2.47. The number of rotatable bonds is 13. The minimum atomic E-state index is 0.782. The van der Waals surface area contributed by atoms with E-state index in [1.807, 2.05) is 0 Å². The number of benzene rings is 2. The van der Waals surface area contributed by atoms with Crippen molar-refractivity contribution in [3.8, 4) is 11.1 Å². The van der Waals surface area contributed by atoms with Gasteiger partial charge in [0.15, 0.2) is 0 Å². The third-order valence-electron chi connectivity index (χ3n) is 10.0. The molecule has 0 radical (unpaired) electrons. The van der Waals surface area contributed by atoms with Crippen LogP contribution in [0, 0.1) is 18.8 Å². The van der Waals surface area contributed by atoms with Crippen LogP contribution in [0.25, 0.3) is 11.1 Å². The Morgan fingerprint density at radius 3 is 1.73 bits per heavy atom. The number of aryl methyl sites for hydroxylation is 1. The third-order valence-corrected chi connectivity index (χ3v) is 10.0. The van der Waals surface area contributed by atoms with Crippen LogP contribution in [0.3, 0.4) is 0 Å². The fraction of sp³-hybridized carbons (Fsp3) is 0.676. The molecular formula is C37H56. The van der Waals surface area contributed by atoms with Gasteiger partial charge in [0.25, 0.3) is 0 Å². The molecule has 0 heteroatoms. The zero-order chi connectivity index (χ0) is 25.9. The second-order valence-electron chi connectivity index (χ2n) is 12.8. The highest BCUT2D eigenvalue weighted by Crippen LogP contribution is 2.41. The predicted octanol–water partition coefficient (Wildman–Crippen LogP) is 12.2. The Morgan fingerprint density at radius 2 is 1.11 bits per heavy atom. The molecule has 2 aromatic carbocycles. The second-order valence-corrected chi connectivity index (χ2v) is 12.8. The molecule has 2 fully saturated rings. The molecule has 4 rings (SSSR count). The first-order valence-corrected chi connectivity index (χ1v) is 16.4. The average Bonchev–Trinajstić information content (AvgIpc) is 2.94. The zero-order valence-electron chi connectivity index (χ0n) is 24.6. The van der Waals surface area contributed by atoms with Crippen molar-refractivity contribution in [2.45, 2.75) is 148 Å². The van der Waals surface area contributed by atoms with Gasteiger partial charge in [-0.2, -0.15) is 0 Å². The zero-order valence-corrected chi connectivity index (χ0v) is 24.6. The Labute approximate surface area is 230 Å². The van der Waals surface area contributed by atoms with Crippen molar-refractivity contribution in [1.82, 2.24) is 0 Å². The molecule has 37 heavy (non-hydrogen) atoms. The van der Waals surface area contributed by atoms with Crippen LogP contribution in [-0.4, -0.2) is 0 Å². The van der Waals surface area contributed by atoms with Gasteiger partial charge in [-0.1, -0.05) is 121 Å². The molecule has 0 atom stereocenters. The lowest BCUT2D eigenvalue weighted by atomic mass is 9.75. The summed E-state index contributed by atoms with van der Waals surface area (Å²) in [6.07, 6.45) is 25.7. The maximum absolute atomic E-state index is 2.47. The normalized spacial score (nSPS) is 24.3. The molecule has 0 bridgehead atoms. The molecule has 2 aliphatic carbocycles. The molecular weight excluding hydrogens is 444 g/mol. The number of hydrogen-bond acceptors (Lipinski definition) is 0. The summed E-state index contributed by atoms with van der Waals surface area (Å²) < 4.78 is 0. The summed E-state index contributed by atoms with van der Waals surface area (Å²) in [6.45, 7) is 7.00. The molecule has 0 unspecified atom stereocenters. The van der Waals surface area contributed by atoms with Gasteiger partial charge >= 0.3 is 0 Å². The molecule has 0 amide bonds. The van der Waals surface area contributed by atoms with Crippen LogP contribution in [0.5, 0.6) is 0 Å². The van der Waals surface area contributed by atoms with Crippen molar-refractivity contribution in [1.29, 1.82) is 0 Å². The average molecular weight is 501 g/mol. The van der Waals surface area contributed by atoms with Gasteiger partial charge in [0.1, 0.15) is 0 Å². The van der Waals surface area contributed by atoms with Crippen LogP contribution >= 0.6 is 0 Å². The summed E-state index contributed by atoms with van der Waals surface area (Å²) in [5.41, 5.74) is 7.48. The van der Waals surface area contributed by atoms with Crippen LogP contribution in [-0.2, 0) is 0 Å². The topological polar surface area (TPSA) is 0 Å². The fourth-order valence-corrected chi connectivity index (χ4v) is 7.61. The Balaban J connectivity index is 1.23. The van der Waals surface area contributed by atoms with Gasteiger partial charge in [0.2, 0.25) is 0 Å². The van der Waals surface area contributed by atoms with E-state index in [1.165, 1.54) is 132 Å². The highest BCUT2D eigenvalue weighted by atomic mass is 14.3. The molecule has 0 aromatic heterocycles. The van der Waals surface area contributed by atoms with Crippen molar-refractivity contribution in [2.24, 2.45) is 11.8 Å². The van der Waals surface area contributed by atoms with E-state index in [4.69, 9.17) is 0 Å². The molecule has 0 spiro atoms. The van der Waals surface area contributed by atoms with Crippen LogP contribution in [0.2, 0.25) is 0 Å². The Hall–Kier alpha value is -1.56. The summed E-state index contributed by atoms with van der Waals surface area (Å²) in [7, 11) is 0. The number of unbranched alkanes of at least 4 members (excludes halogenated alkanes) is 6. The fourth-order valence-electron chi connectivity index (χ4n) is 7.61. The maximum Gasteiger partial charge on any atom is -0.0159 e. The van der Waals surface area contributed by atoms with E-state index < -0.39 is 0 Å². The summed E-state index contributed by atoms with van der Waals surface area (Å²) in [5.74, 6) is 3.55. The summed E-state index contributed by atoms with van der Waals surface area (Å²) in [6, 6.07) is 17.0. The minimum Gasteiger partial charge on any atom is -0.0654 e. The summed E-state index contributed by atoms with van der Waals surface area (Å²) in [4.78, 5) is 0. The van der Waals surface area contributed by atoms with Crippen molar-refractivity contribution >= 4 is 0 Å². The Bertz CT molecular complexity index is 890. The lowest BCUT2D eigenvalue weighted by molar-refractivity contribution is 0.301. The monoisotopic (exact) mass is 500 g/mol. The van der Waals surface area contributed by atoms with E-state index >= 15 is 0 Å². The molecule has 0 nitrogen and oxygen atoms in total. The molecule has 0 aliphatic heterocycles. The highest BCUT2D eigenvalue weighted by molar-refractivity contribution is 5.65. The largest absolute Gasteiger partial charge is 0.0654 e. The van der Waals surface area contributed by atoms with Gasteiger partial charge in [0.05, 0.1) is 0 Å². The summed E-state index contributed by atoms with van der Waals surface area (Å²) in [5, 5.41) is 0. The van der Waals surface area contributed by atoms with E-state index in [0.29, 0.717) is 0 Å². The molecule has 0 N–H and O–H groups in total. The minimum absolute atomic E-state index is 0.782. The lowest BCUT2D eigenvalue weighted by Gasteiger charge is -2.30. The lowest BCUT2D eigenvalue weighted by Crippen LogP contribution is -2.14. The van der Waals surface area contributed by atoms with Crippen molar-refractivity contribution in [2.75, 3.05) is 0 Å². The van der Waals surface area contributed by atoms with Gasteiger partial charge in [-0.25, -0.2) is 0 Å². The van der Waals surface area contributed by atoms with E-state index in [9.17, 15) is 0 Å². The molecule has 2 aliphatic rings. The van der Waals surface area contributed by atoms with Crippen LogP contribution in [0.15, 0.2) is 42.5 Å². The van der Waals surface area contributed by atoms with Crippen LogP contribution < -0.4 is 0 Å². The molecule has 2 saturated carbocycles. The van der Waals surface area contributed by atoms with Crippen LogP contribution in [0.4, 0.5) is 0 Å². The van der Waals surface area contributed by atoms with E-state index in [-0.39, 0.29) is 0 Å². The smallest absolute Gasteiger partial charge is 0.0159 e. The van der Waals surface area contributed by atoms with E-state index in [2.05, 4.69) is 63.2 Å². The van der Waals surface area contributed by atoms with Gasteiger partial charge in [-0.15, -0.1) is 0 Å². The Morgan fingerprint density at radius 1 is 0.541 bits per heavy atom. The van der Waals surface area contributed by atoms with E-state index in [1.54, 1.807) is 11.1 Å². The SMILES string of the molecule is CCCCCCCCCC1CCC(c2ccc(-c3ccc(C4CCC(CCC)CC4)cc3)cc2C)CC1. The molecule has 204 valence electrons. The summed E-state index contributed by atoms with van der Waals surface area (Å²) >= 11 is 0. The first kappa shape index (κ1) is 28.4. The van der Waals surface area contributed by atoms with Crippen molar-refractivity contribution in [3.05, 3.63) is 59.2 Å². The van der Waals surface area contributed by atoms with Crippen LogP contribution in [0.1, 0.15) is 158 Å². The van der Waals surface area contributed by atoms with Gasteiger partial charge in [0, 0.05) is 0 Å². The predicted molar refractivity (Wildman–Crippen MR) is 164 cm³/mol. The van der Waals surface area contributed by atoms with Gasteiger partial charge < -0.3 is 0 Å². The molecule has 2 aromatic rings. The first-order valence-electron chi connectivity index (χ1n) is 16.4. The van der Waals surface area contributed by atoms with Crippen molar-refractivity contribution < 1.29 is 0 Å². The molecule has 0 saturated heterocycles. The molecule has 0 heterocycles. The van der Waals surface area contributed by atoms with E-state index in [0.717, 1.165) is 23.7 Å². The highest BCUT2D eigenvalue weighted by Gasteiger charge is 2.24. The second kappa shape index (κ2) is 15.1. The van der Waals surface area contributed by atoms with Crippen molar-refractivity contribution in [3.63, 3.8) is 0 Å². The van der Waals surface area contributed by atoms with Gasteiger partial charge in [-0.05, 0) is 110 Å². The third kappa shape index (κ3) is 8.46. The standard InChI is InChI=1S/C37H56/c1-4-6-7-8-9-10-11-13-31-16-20-35(21-17-31)37-27-26-36(28-29(37)3)34-24-22-33(23-25-34)32-18-14-30(12-5-2)15-19-32/h22-28,30-32,35H,4-21H2,1-3H3. The first-order chi connectivity index (χ1) is 18.2.